The summed E-state index contributed by atoms with van der Waals surface area (Å²) in [7, 11) is 0. The van der Waals surface area contributed by atoms with E-state index in [2.05, 4.69) is 11.8 Å². The summed E-state index contributed by atoms with van der Waals surface area (Å²) in [4.78, 5) is 41.2. The predicted molar refractivity (Wildman–Crippen MR) is 97.4 cm³/mol. The van der Waals surface area contributed by atoms with Crippen molar-refractivity contribution in [2.45, 2.75) is 13.3 Å². The van der Waals surface area contributed by atoms with Gasteiger partial charge in [-0.2, -0.15) is 0 Å². The maximum atomic E-state index is 11.1. The van der Waals surface area contributed by atoms with E-state index in [4.69, 9.17) is 10.2 Å². The Bertz CT molecular complexity index is 417. The van der Waals surface area contributed by atoms with Crippen molar-refractivity contribution in [1.82, 2.24) is 19.6 Å². The first-order valence-electron chi connectivity index (χ1n) is 9.21. The van der Waals surface area contributed by atoms with Gasteiger partial charge in [-0.15, -0.1) is 0 Å². The lowest BCUT2D eigenvalue weighted by Gasteiger charge is -2.32. The SMILES string of the molecule is CCCN1CCN(CC(=O)O)CCN(CC=O)CCN(CC(=O)O)CC1. The summed E-state index contributed by atoms with van der Waals surface area (Å²) in [5.74, 6) is -1.71. The van der Waals surface area contributed by atoms with E-state index in [0.717, 1.165) is 32.3 Å². The molecule has 150 valence electrons. The lowest BCUT2D eigenvalue weighted by molar-refractivity contribution is -0.139. The number of carboxylic acids is 2. The smallest absolute Gasteiger partial charge is 0.317 e. The van der Waals surface area contributed by atoms with Crippen molar-refractivity contribution >= 4 is 18.2 Å². The molecule has 9 heteroatoms. The zero-order chi connectivity index (χ0) is 19.4. The summed E-state index contributed by atoms with van der Waals surface area (Å²) in [6.07, 6.45) is 1.82. The van der Waals surface area contributed by atoms with Crippen LogP contribution in [-0.2, 0) is 14.4 Å². The lowest BCUT2D eigenvalue weighted by Crippen LogP contribution is -2.48. The molecule has 0 radical (unpaired) electrons. The standard InChI is InChI=1S/C17H32N4O5/c1-2-3-18-4-8-20(14-16(23)24)10-6-19(12-13-22)7-11-21(9-5-18)15-17(25)26/h13H,2-12,14-15H2,1H3,(H,23,24)(H,25,26). The van der Waals surface area contributed by atoms with Crippen LogP contribution >= 0.6 is 0 Å². The van der Waals surface area contributed by atoms with Crippen molar-refractivity contribution in [2.24, 2.45) is 0 Å². The van der Waals surface area contributed by atoms with Crippen molar-refractivity contribution < 1.29 is 24.6 Å². The molecular weight excluding hydrogens is 340 g/mol. The normalized spacial score (nSPS) is 20.2. The first kappa shape index (κ1) is 22.5. The van der Waals surface area contributed by atoms with Gasteiger partial charge in [0.05, 0.1) is 19.6 Å². The van der Waals surface area contributed by atoms with E-state index in [0.29, 0.717) is 39.3 Å². The van der Waals surface area contributed by atoms with E-state index in [1.807, 2.05) is 14.7 Å². The number of hydrogen-bond acceptors (Lipinski definition) is 7. The van der Waals surface area contributed by atoms with E-state index in [1.165, 1.54) is 0 Å². The molecule has 1 heterocycles. The number of carbonyl (C=O) groups is 3. The van der Waals surface area contributed by atoms with Crippen LogP contribution in [-0.4, -0.2) is 127 Å². The fraction of sp³-hybridized carbons (Fsp3) is 0.824. The van der Waals surface area contributed by atoms with Gasteiger partial charge in [0.25, 0.3) is 0 Å². The van der Waals surface area contributed by atoms with Crippen molar-refractivity contribution in [1.29, 1.82) is 0 Å². The van der Waals surface area contributed by atoms with Gasteiger partial charge in [-0.05, 0) is 13.0 Å². The second-order valence-corrected chi connectivity index (χ2v) is 6.65. The van der Waals surface area contributed by atoms with Crippen LogP contribution in [0.3, 0.4) is 0 Å². The molecule has 26 heavy (non-hydrogen) atoms. The Hall–Kier alpha value is -1.55. The van der Waals surface area contributed by atoms with Gasteiger partial charge < -0.3 is 19.9 Å². The molecule has 1 saturated heterocycles. The van der Waals surface area contributed by atoms with Gasteiger partial charge in [-0.3, -0.25) is 24.3 Å². The fourth-order valence-corrected chi connectivity index (χ4v) is 3.11. The van der Waals surface area contributed by atoms with E-state index in [9.17, 15) is 14.4 Å². The lowest BCUT2D eigenvalue weighted by atomic mass is 10.3. The Morgan fingerprint density at radius 3 is 1.50 bits per heavy atom. The second-order valence-electron chi connectivity index (χ2n) is 6.65. The summed E-state index contributed by atoms with van der Waals surface area (Å²) < 4.78 is 0. The summed E-state index contributed by atoms with van der Waals surface area (Å²) in [5, 5.41) is 18.2. The molecule has 1 rings (SSSR count). The molecule has 1 aliphatic heterocycles. The van der Waals surface area contributed by atoms with E-state index in [1.54, 1.807) is 0 Å². The van der Waals surface area contributed by atoms with Gasteiger partial charge in [-0.25, -0.2) is 0 Å². The summed E-state index contributed by atoms with van der Waals surface area (Å²) in [6, 6.07) is 0. The fourth-order valence-electron chi connectivity index (χ4n) is 3.11. The number of aldehydes is 1. The number of nitrogens with zero attached hydrogens (tertiary/aromatic N) is 4. The molecule has 0 aromatic carbocycles. The molecule has 9 nitrogen and oxygen atoms in total. The van der Waals surface area contributed by atoms with Gasteiger partial charge in [0.15, 0.2) is 0 Å². The van der Waals surface area contributed by atoms with Gasteiger partial charge in [0.1, 0.15) is 6.29 Å². The Morgan fingerprint density at radius 1 is 0.769 bits per heavy atom. The molecule has 0 saturated carbocycles. The van der Waals surface area contributed by atoms with Gasteiger partial charge >= 0.3 is 11.9 Å². The monoisotopic (exact) mass is 372 g/mol. The number of aliphatic carboxylic acids is 2. The molecule has 0 atom stereocenters. The third-order valence-corrected chi connectivity index (χ3v) is 4.52. The van der Waals surface area contributed by atoms with E-state index >= 15 is 0 Å². The van der Waals surface area contributed by atoms with Gasteiger partial charge in [0, 0.05) is 52.4 Å². The number of carbonyl (C=O) groups excluding carboxylic acids is 1. The van der Waals surface area contributed by atoms with Crippen LogP contribution in [0.1, 0.15) is 13.3 Å². The number of carboxylic acid groups (broad SMARTS) is 2. The third kappa shape index (κ3) is 9.81. The topological polar surface area (TPSA) is 105 Å². The minimum atomic E-state index is -0.853. The molecule has 1 aliphatic rings. The summed E-state index contributed by atoms with van der Waals surface area (Å²) >= 11 is 0. The third-order valence-electron chi connectivity index (χ3n) is 4.52. The van der Waals surface area contributed by atoms with Crippen LogP contribution < -0.4 is 0 Å². The molecule has 0 aromatic rings. The Balaban J connectivity index is 2.80. The Kier molecular flexibility index (Phi) is 11.0. The predicted octanol–water partition coefficient (Wildman–Crippen LogP) is -1.01. The first-order valence-corrected chi connectivity index (χ1v) is 9.21. The second kappa shape index (κ2) is 12.7. The van der Waals surface area contributed by atoms with Crippen molar-refractivity contribution in [3.05, 3.63) is 0 Å². The highest BCUT2D eigenvalue weighted by Crippen LogP contribution is 2.01. The molecule has 2 N–H and O–H groups in total. The first-order chi connectivity index (χ1) is 12.4. The van der Waals surface area contributed by atoms with Gasteiger partial charge in [-0.1, -0.05) is 6.92 Å². The van der Waals surface area contributed by atoms with Crippen LogP contribution in [0.5, 0.6) is 0 Å². The molecule has 0 unspecified atom stereocenters. The zero-order valence-electron chi connectivity index (χ0n) is 15.7. The van der Waals surface area contributed by atoms with Crippen molar-refractivity contribution in [3.8, 4) is 0 Å². The molecule has 0 spiro atoms. The summed E-state index contributed by atoms with van der Waals surface area (Å²) in [6.45, 7) is 8.31. The zero-order valence-corrected chi connectivity index (χ0v) is 15.7. The number of rotatable bonds is 8. The van der Waals surface area contributed by atoms with Crippen LogP contribution in [0.4, 0.5) is 0 Å². The van der Waals surface area contributed by atoms with Crippen LogP contribution in [0.15, 0.2) is 0 Å². The average molecular weight is 372 g/mol. The molecule has 0 amide bonds. The highest BCUT2D eigenvalue weighted by atomic mass is 16.4. The molecule has 0 bridgehead atoms. The van der Waals surface area contributed by atoms with E-state index < -0.39 is 11.9 Å². The Morgan fingerprint density at radius 2 is 1.15 bits per heavy atom. The minimum Gasteiger partial charge on any atom is -0.480 e. The number of hydrogen-bond donors (Lipinski definition) is 2. The minimum absolute atomic E-state index is 0.0139. The molecule has 1 fully saturated rings. The summed E-state index contributed by atoms with van der Waals surface area (Å²) in [5.41, 5.74) is 0. The largest absolute Gasteiger partial charge is 0.480 e. The van der Waals surface area contributed by atoms with Crippen LogP contribution in [0.2, 0.25) is 0 Å². The average Bonchev–Trinajstić information content (AvgIpc) is 2.56. The van der Waals surface area contributed by atoms with Crippen LogP contribution in [0, 0.1) is 0 Å². The van der Waals surface area contributed by atoms with E-state index in [-0.39, 0.29) is 19.6 Å². The maximum absolute atomic E-state index is 11.1. The molecule has 0 aliphatic carbocycles. The highest BCUT2D eigenvalue weighted by Gasteiger charge is 2.18. The Labute approximate surface area is 155 Å². The maximum Gasteiger partial charge on any atom is 0.317 e. The highest BCUT2D eigenvalue weighted by molar-refractivity contribution is 5.69. The quantitative estimate of drug-likeness (QED) is 0.518. The van der Waals surface area contributed by atoms with Crippen LogP contribution in [0.25, 0.3) is 0 Å². The molecular formula is C17H32N4O5. The van der Waals surface area contributed by atoms with Crippen molar-refractivity contribution in [2.75, 3.05) is 78.5 Å². The van der Waals surface area contributed by atoms with Gasteiger partial charge in [0.2, 0.25) is 0 Å². The molecule has 0 aromatic heterocycles. The van der Waals surface area contributed by atoms with Crippen molar-refractivity contribution in [3.63, 3.8) is 0 Å².